The lowest BCUT2D eigenvalue weighted by atomic mass is 10.1. The summed E-state index contributed by atoms with van der Waals surface area (Å²) < 4.78 is 5.75. The fraction of sp³-hybridized carbons (Fsp3) is 0.583. The van der Waals surface area contributed by atoms with Gasteiger partial charge in [-0.25, -0.2) is 4.98 Å². The van der Waals surface area contributed by atoms with Crippen LogP contribution in [-0.4, -0.2) is 80.7 Å². The van der Waals surface area contributed by atoms with Crippen LogP contribution >= 0.6 is 24.0 Å². The topological polar surface area (TPSA) is 72.2 Å². The molecule has 2 saturated heterocycles. The van der Waals surface area contributed by atoms with E-state index in [1.165, 1.54) is 19.3 Å². The highest BCUT2D eigenvalue weighted by atomic mass is 127. The largest absolute Gasteiger partial charge is 0.468 e. The Morgan fingerprint density at radius 1 is 1.06 bits per heavy atom. The molecule has 0 aliphatic carbocycles. The van der Waals surface area contributed by atoms with Crippen molar-refractivity contribution in [1.29, 1.82) is 0 Å². The first-order valence-corrected chi connectivity index (χ1v) is 11.8. The molecule has 1 atom stereocenters. The normalized spacial score (nSPS) is 19.1. The first-order valence-electron chi connectivity index (χ1n) is 11.8. The number of piperazine rings is 1. The number of aliphatic imine (C=N–C) groups is 1. The molecular weight excluding hydrogens is 529 g/mol. The van der Waals surface area contributed by atoms with Crippen LogP contribution in [0.1, 0.15) is 36.6 Å². The lowest BCUT2D eigenvalue weighted by Gasteiger charge is -2.33. The molecule has 0 bridgehead atoms. The predicted octanol–water partition coefficient (Wildman–Crippen LogP) is 2.94. The number of nitrogens with one attached hydrogen (secondary N) is 2. The van der Waals surface area contributed by atoms with Gasteiger partial charge in [0.15, 0.2) is 5.96 Å². The van der Waals surface area contributed by atoms with E-state index in [-0.39, 0.29) is 30.0 Å². The summed E-state index contributed by atoms with van der Waals surface area (Å²) in [5.41, 5.74) is 1.14. The number of anilines is 1. The Balaban J connectivity index is 0.00000306. The van der Waals surface area contributed by atoms with Gasteiger partial charge in [-0.2, -0.15) is 0 Å². The van der Waals surface area contributed by atoms with Gasteiger partial charge in [0, 0.05) is 52.5 Å². The van der Waals surface area contributed by atoms with Gasteiger partial charge in [0.2, 0.25) is 0 Å². The molecule has 182 valence electrons. The number of rotatable bonds is 7. The molecule has 0 spiro atoms. The van der Waals surface area contributed by atoms with Gasteiger partial charge in [0.25, 0.3) is 0 Å². The van der Waals surface area contributed by atoms with Crippen molar-refractivity contribution < 1.29 is 4.42 Å². The maximum atomic E-state index is 5.75. The Labute approximate surface area is 214 Å². The van der Waals surface area contributed by atoms with Gasteiger partial charge in [-0.3, -0.25) is 9.89 Å². The fourth-order valence-corrected chi connectivity index (χ4v) is 4.46. The molecular formula is C24H38IN7O. The summed E-state index contributed by atoms with van der Waals surface area (Å²) in [5.74, 6) is 2.87. The van der Waals surface area contributed by atoms with E-state index in [2.05, 4.69) is 60.6 Å². The Morgan fingerprint density at radius 3 is 2.48 bits per heavy atom. The number of guanidine groups is 1. The van der Waals surface area contributed by atoms with Crippen molar-refractivity contribution in [1.82, 2.24) is 25.4 Å². The molecule has 4 heterocycles. The van der Waals surface area contributed by atoms with E-state index in [0.29, 0.717) is 6.54 Å². The van der Waals surface area contributed by atoms with E-state index in [4.69, 9.17) is 4.42 Å². The maximum absolute atomic E-state index is 5.75. The highest BCUT2D eigenvalue weighted by Gasteiger charge is 2.24. The molecule has 2 aromatic heterocycles. The molecule has 8 nitrogen and oxygen atoms in total. The standard InChI is InChI=1S/C24H37N7O.HI/c1-25-24(28-19-21(22-7-6-16-32-22)30-10-4-3-5-11-30)27-18-20-8-9-23(26-17-20)31-14-12-29(2)13-15-31;/h6-9,16-17,21H,3-5,10-15,18-19H2,1-2H3,(H2,25,27,28);1H. The second-order valence-electron chi connectivity index (χ2n) is 8.75. The number of nitrogens with zero attached hydrogens (tertiary/aromatic N) is 5. The quantitative estimate of drug-likeness (QED) is 0.303. The maximum Gasteiger partial charge on any atom is 0.191 e. The van der Waals surface area contributed by atoms with Gasteiger partial charge in [-0.15, -0.1) is 24.0 Å². The van der Waals surface area contributed by atoms with E-state index in [9.17, 15) is 0 Å². The average Bonchev–Trinajstić information content (AvgIpc) is 3.37. The highest BCUT2D eigenvalue weighted by Crippen LogP contribution is 2.24. The lowest BCUT2D eigenvalue weighted by Crippen LogP contribution is -2.45. The van der Waals surface area contributed by atoms with Crippen molar-refractivity contribution in [2.45, 2.75) is 31.8 Å². The van der Waals surface area contributed by atoms with Crippen molar-refractivity contribution in [3.05, 3.63) is 48.0 Å². The Bertz CT molecular complexity index is 829. The first kappa shape index (κ1) is 25.8. The highest BCUT2D eigenvalue weighted by molar-refractivity contribution is 14.0. The summed E-state index contributed by atoms with van der Waals surface area (Å²) in [6.07, 6.45) is 7.55. The van der Waals surface area contributed by atoms with Crippen LogP contribution in [0.2, 0.25) is 0 Å². The van der Waals surface area contributed by atoms with Crippen molar-refractivity contribution in [3.63, 3.8) is 0 Å². The second kappa shape index (κ2) is 13.1. The summed E-state index contributed by atoms with van der Waals surface area (Å²) in [5, 5.41) is 6.92. The molecule has 2 aliphatic heterocycles. The minimum absolute atomic E-state index is 0. The van der Waals surface area contributed by atoms with Gasteiger partial charge < -0.3 is 24.9 Å². The zero-order valence-corrected chi connectivity index (χ0v) is 22.2. The van der Waals surface area contributed by atoms with Crippen LogP contribution in [0.3, 0.4) is 0 Å². The Kier molecular flexibility index (Phi) is 10.3. The molecule has 0 amide bonds. The SMILES string of the molecule is CN=C(NCc1ccc(N2CCN(C)CC2)nc1)NCC(c1ccco1)N1CCCCC1.I. The van der Waals surface area contributed by atoms with E-state index in [1.54, 1.807) is 6.26 Å². The summed E-state index contributed by atoms with van der Waals surface area (Å²) in [4.78, 5) is 16.3. The molecule has 0 saturated carbocycles. The van der Waals surface area contributed by atoms with Gasteiger partial charge in [0.05, 0.1) is 12.3 Å². The molecule has 9 heteroatoms. The molecule has 2 N–H and O–H groups in total. The van der Waals surface area contributed by atoms with E-state index < -0.39 is 0 Å². The van der Waals surface area contributed by atoms with Crippen molar-refractivity contribution in [2.75, 3.05) is 64.8 Å². The molecule has 4 rings (SSSR count). The zero-order valence-electron chi connectivity index (χ0n) is 19.9. The van der Waals surface area contributed by atoms with Gasteiger partial charge in [-0.05, 0) is 56.7 Å². The van der Waals surface area contributed by atoms with Crippen molar-refractivity contribution >= 4 is 35.8 Å². The van der Waals surface area contributed by atoms with Crippen molar-refractivity contribution in [3.8, 4) is 0 Å². The summed E-state index contributed by atoms with van der Waals surface area (Å²) in [6, 6.07) is 8.54. The van der Waals surface area contributed by atoms with Crippen LogP contribution in [0.5, 0.6) is 0 Å². The second-order valence-corrected chi connectivity index (χ2v) is 8.75. The van der Waals surface area contributed by atoms with Crippen LogP contribution in [0, 0.1) is 0 Å². The fourth-order valence-electron chi connectivity index (χ4n) is 4.46. The number of halogens is 1. The number of aromatic nitrogens is 1. The van der Waals surface area contributed by atoms with Crippen LogP contribution in [0.4, 0.5) is 5.82 Å². The third-order valence-electron chi connectivity index (χ3n) is 6.49. The number of piperidine rings is 1. The van der Waals surface area contributed by atoms with Crippen LogP contribution in [0.25, 0.3) is 0 Å². The van der Waals surface area contributed by atoms with Gasteiger partial charge in [-0.1, -0.05) is 12.5 Å². The van der Waals surface area contributed by atoms with Crippen molar-refractivity contribution in [2.24, 2.45) is 4.99 Å². The molecule has 33 heavy (non-hydrogen) atoms. The smallest absolute Gasteiger partial charge is 0.191 e. The summed E-state index contributed by atoms with van der Waals surface area (Å²) in [7, 11) is 3.98. The number of hydrogen-bond donors (Lipinski definition) is 2. The van der Waals surface area contributed by atoms with Gasteiger partial charge in [0.1, 0.15) is 11.6 Å². The Morgan fingerprint density at radius 2 is 1.85 bits per heavy atom. The third kappa shape index (κ3) is 7.31. The van der Waals surface area contributed by atoms with Crippen LogP contribution in [-0.2, 0) is 6.54 Å². The summed E-state index contributed by atoms with van der Waals surface area (Å²) >= 11 is 0. The van der Waals surface area contributed by atoms with E-state index in [1.807, 2.05) is 19.3 Å². The number of hydrogen-bond acceptors (Lipinski definition) is 6. The average molecular weight is 568 g/mol. The number of furan rings is 1. The molecule has 0 radical (unpaired) electrons. The molecule has 2 aliphatic rings. The number of likely N-dealkylation sites (tertiary alicyclic amines) is 1. The minimum atomic E-state index is 0. The monoisotopic (exact) mass is 567 g/mol. The first-order chi connectivity index (χ1) is 15.7. The molecule has 2 aromatic rings. The minimum Gasteiger partial charge on any atom is -0.468 e. The van der Waals surface area contributed by atoms with E-state index >= 15 is 0 Å². The van der Waals surface area contributed by atoms with Gasteiger partial charge >= 0.3 is 0 Å². The predicted molar refractivity (Wildman–Crippen MR) is 144 cm³/mol. The molecule has 0 aromatic carbocycles. The zero-order chi connectivity index (χ0) is 22.2. The number of likely N-dealkylation sites (N-methyl/N-ethyl adjacent to an activating group) is 1. The molecule has 1 unspecified atom stereocenters. The lowest BCUT2D eigenvalue weighted by molar-refractivity contribution is 0.146. The van der Waals surface area contributed by atoms with Crippen LogP contribution < -0.4 is 15.5 Å². The molecule has 2 fully saturated rings. The van der Waals surface area contributed by atoms with Crippen LogP contribution in [0.15, 0.2) is 46.1 Å². The summed E-state index contributed by atoms with van der Waals surface area (Å²) in [6.45, 7) is 7.91. The Hall–Kier alpha value is -1.85. The van der Waals surface area contributed by atoms with E-state index in [0.717, 1.165) is 68.9 Å². The number of pyridine rings is 1. The third-order valence-corrected chi connectivity index (χ3v) is 6.49.